The molecule has 2 aliphatic rings. The molecule has 0 aromatic heterocycles. The molecule has 142 valence electrons. The molecular weight excluding hydrogens is 349 g/mol. The van der Waals surface area contributed by atoms with E-state index in [-0.39, 0.29) is 17.5 Å². The zero-order valence-electron chi connectivity index (χ0n) is 15.3. The Balaban J connectivity index is 1.46. The first kappa shape index (κ1) is 19.1. The minimum atomic E-state index is -0.477. The highest BCUT2D eigenvalue weighted by Gasteiger charge is 2.26. The molecule has 0 radical (unpaired) electrons. The van der Waals surface area contributed by atoms with Gasteiger partial charge in [-0.25, -0.2) is 4.39 Å². The smallest absolute Gasteiger partial charge is 0.254 e. The van der Waals surface area contributed by atoms with E-state index in [1.54, 1.807) is 12.1 Å². The van der Waals surface area contributed by atoms with Gasteiger partial charge >= 0.3 is 0 Å². The summed E-state index contributed by atoms with van der Waals surface area (Å²) in [7, 11) is 0. The maximum Gasteiger partial charge on any atom is 0.254 e. The summed E-state index contributed by atoms with van der Waals surface area (Å²) in [4.78, 5) is 14.4. The van der Waals surface area contributed by atoms with Crippen molar-refractivity contribution >= 4 is 23.2 Å². The lowest BCUT2D eigenvalue weighted by Crippen LogP contribution is -2.52. The predicted molar refractivity (Wildman–Crippen MR) is 106 cm³/mol. The maximum absolute atomic E-state index is 13.7. The fourth-order valence-electron chi connectivity index (χ4n) is 3.92. The second kappa shape index (κ2) is 8.80. The average molecular weight is 378 g/mol. The SMILES string of the molecule is CC1CCCCC1NC(=S)N1CCC(NC(=O)c2ccccc2F)CC1. The van der Waals surface area contributed by atoms with Crippen molar-refractivity contribution in [3.63, 3.8) is 0 Å². The highest BCUT2D eigenvalue weighted by atomic mass is 32.1. The minimum absolute atomic E-state index is 0.0646. The van der Waals surface area contributed by atoms with Gasteiger partial charge in [-0.1, -0.05) is 31.9 Å². The summed E-state index contributed by atoms with van der Waals surface area (Å²) in [5, 5.41) is 7.34. The number of hydrogen-bond acceptors (Lipinski definition) is 2. The third-order valence-corrected chi connectivity index (χ3v) is 6.03. The van der Waals surface area contributed by atoms with E-state index in [2.05, 4.69) is 22.5 Å². The van der Waals surface area contributed by atoms with Gasteiger partial charge in [-0.15, -0.1) is 0 Å². The lowest BCUT2D eigenvalue weighted by atomic mass is 9.86. The molecule has 1 aliphatic heterocycles. The lowest BCUT2D eigenvalue weighted by Gasteiger charge is -2.37. The highest BCUT2D eigenvalue weighted by Crippen LogP contribution is 2.24. The molecule has 6 heteroatoms. The maximum atomic E-state index is 13.7. The Bertz CT molecular complexity index is 646. The second-order valence-electron chi connectivity index (χ2n) is 7.53. The van der Waals surface area contributed by atoms with Gasteiger partial charge in [-0.3, -0.25) is 4.79 Å². The number of benzene rings is 1. The second-order valence-corrected chi connectivity index (χ2v) is 7.92. The molecule has 1 aromatic rings. The molecule has 2 fully saturated rings. The van der Waals surface area contributed by atoms with Crippen LogP contribution in [0.15, 0.2) is 24.3 Å². The molecule has 1 saturated carbocycles. The van der Waals surface area contributed by atoms with E-state index in [9.17, 15) is 9.18 Å². The van der Waals surface area contributed by atoms with E-state index in [4.69, 9.17) is 12.2 Å². The third-order valence-electron chi connectivity index (χ3n) is 5.66. The van der Waals surface area contributed by atoms with Crippen LogP contribution in [0.3, 0.4) is 0 Å². The molecule has 2 atom stereocenters. The molecule has 1 amide bonds. The van der Waals surface area contributed by atoms with Gasteiger partial charge in [0.25, 0.3) is 5.91 Å². The van der Waals surface area contributed by atoms with E-state index in [1.807, 2.05) is 0 Å². The monoisotopic (exact) mass is 377 g/mol. The van der Waals surface area contributed by atoms with E-state index < -0.39 is 5.82 Å². The van der Waals surface area contributed by atoms with E-state index in [0.717, 1.165) is 31.0 Å². The third kappa shape index (κ3) is 4.72. The summed E-state index contributed by atoms with van der Waals surface area (Å²) < 4.78 is 13.7. The van der Waals surface area contributed by atoms with Crippen molar-refractivity contribution in [2.24, 2.45) is 5.92 Å². The standard InChI is InChI=1S/C20H28FN3OS/c1-14-6-2-5-9-18(14)23-20(26)24-12-10-15(11-13-24)22-19(25)16-7-3-4-8-17(16)21/h3-4,7-8,14-15,18H,2,5-6,9-13H2,1H3,(H,22,25)(H,23,26). The van der Waals surface area contributed by atoms with Gasteiger partial charge in [0, 0.05) is 25.2 Å². The Morgan fingerprint density at radius 1 is 1.12 bits per heavy atom. The van der Waals surface area contributed by atoms with Gasteiger partial charge in [0.1, 0.15) is 5.82 Å². The molecule has 3 rings (SSSR count). The number of carbonyl (C=O) groups excluding carboxylic acids is 1. The van der Waals surface area contributed by atoms with Crippen molar-refractivity contribution in [2.75, 3.05) is 13.1 Å². The van der Waals surface area contributed by atoms with Crippen LogP contribution in [0.1, 0.15) is 55.8 Å². The molecule has 0 bridgehead atoms. The topological polar surface area (TPSA) is 44.4 Å². The molecule has 4 nitrogen and oxygen atoms in total. The molecule has 2 unspecified atom stereocenters. The summed E-state index contributed by atoms with van der Waals surface area (Å²) in [5.41, 5.74) is 0.110. The summed E-state index contributed by atoms with van der Waals surface area (Å²) in [6.07, 6.45) is 6.69. The van der Waals surface area contributed by atoms with Gasteiger partial charge in [0.2, 0.25) is 0 Å². The predicted octanol–water partition coefficient (Wildman–Crippen LogP) is 3.47. The Hall–Kier alpha value is -1.69. The Labute approximate surface area is 160 Å². The summed E-state index contributed by atoms with van der Waals surface area (Å²) >= 11 is 5.61. The zero-order valence-corrected chi connectivity index (χ0v) is 16.2. The number of rotatable bonds is 3. The van der Waals surface area contributed by atoms with Crippen LogP contribution in [-0.2, 0) is 0 Å². The van der Waals surface area contributed by atoms with Crippen molar-refractivity contribution in [2.45, 2.75) is 57.5 Å². The van der Waals surface area contributed by atoms with Crippen LogP contribution in [0.5, 0.6) is 0 Å². The fraction of sp³-hybridized carbons (Fsp3) is 0.600. The Morgan fingerprint density at radius 2 is 1.81 bits per heavy atom. The van der Waals surface area contributed by atoms with Crippen molar-refractivity contribution < 1.29 is 9.18 Å². The lowest BCUT2D eigenvalue weighted by molar-refractivity contribution is 0.0918. The van der Waals surface area contributed by atoms with Gasteiger partial charge < -0.3 is 15.5 Å². The first-order valence-electron chi connectivity index (χ1n) is 9.65. The molecule has 26 heavy (non-hydrogen) atoms. The Kier molecular flexibility index (Phi) is 6.46. The molecule has 2 N–H and O–H groups in total. The first-order chi connectivity index (χ1) is 12.5. The molecule has 0 spiro atoms. The van der Waals surface area contributed by atoms with Crippen LogP contribution in [0.4, 0.5) is 4.39 Å². The molecule has 1 aliphatic carbocycles. The number of carbonyl (C=O) groups is 1. The van der Waals surface area contributed by atoms with Crippen LogP contribution in [-0.4, -0.2) is 41.1 Å². The van der Waals surface area contributed by atoms with Crippen LogP contribution in [0.25, 0.3) is 0 Å². The minimum Gasteiger partial charge on any atom is -0.360 e. The normalized spacial score (nSPS) is 24.2. The fourth-order valence-corrected chi connectivity index (χ4v) is 4.25. The van der Waals surface area contributed by atoms with Crippen molar-refractivity contribution in [1.82, 2.24) is 15.5 Å². The summed E-state index contributed by atoms with van der Waals surface area (Å²) in [6.45, 7) is 3.92. The molecule has 1 heterocycles. The van der Waals surface area contributed by atoms with E-state index >= 15 is 0 Å². The number of piperidine rings is 1. The summed E-state index contributed by atoms with van der Waals surface area (Å²) in [5.74, 6) is -0.146. The van der Waals surface area contributed by atoms with Gasteiger partial charge in [-0.05, 0) is 56.0 Å². The van der Waals surface area contributed by atoms with Gasteiger partial charge in [-0.2, -0.15) is 0 Å². The van der Waals surface area contributed by atoms with Crippen LogP contribution in [0.2, 0.25) is 0 Å². The quantitative estimate of drug-likeness (QED) is 0.792. The number of nitrogens with zero attached hydrogens (tertiary/aromatic N) is 1. The van der Waals surface area contributed by atoms with E-state index in [1.165, 1.54) is 37.8 Å². The average Bonchev–Trinajstić information content (AvgIpc) is 2.64. The molecule has 1 aromatic carbocycles. The first-order valence-corrected chi connectivity index (χ1v) is 10.1. The van der Waals surface area contributed by atoms with Crippen LogP contribution >= 0.6 is 12.2 Å². The van der Waals surface area contributed by atoms with Crippen LogP contribution < -0.4 is 10.6 Å². The number of likely N-dealkylation sites (tertiary alicyclic amines) is 1. The van der Waals surface area contributed by atoms with Crippen molar-refractivity contribution in [3.8, 4) is 0 Å². The van der Waals surface area contributed by atoms with Crippen molar-refractivity contribution in [3.05, 3.63) is 35.6 Å². The van der Waals surface area contributed by atoms with E-state index in [0.29, 0.717) is 12.0 Å². The number of halogens is 1. The van der Waals surface area contributed by atoms with Crippen LogP contribution in [0, 0.1) is 11.7 Å². The summed E-state index contributed by atoms with van der Waals surface area (Å²) in [6, 6.07) is 6.64. The number of nitrogens with one attached hydrogen (secondary N) is 2. The largest absolute Gasteiger partial charge is 0.360 e. The molecule has 1 saturated heterocycles. The van der Waals surface area contributed by atoms with Gasteiger partial charge in [0.15, 0.2) is 5.11 Å². The number of hydrogen-bond donors (Lipinski definition) is 2. The number of amides is 1. The van der Waals surface area contributed by atoms with Gasteiger partial charge in [0.05, 0.1) is 5.56 Å². The Morgan fingerprint density at radius 3 is 2.50 bits per heavy atom. The number of thiocarbonyl (C=S) groups is 1. The van der Waals surface area contributed by atoms with Crippen molar-refractivity contribution in [1.29, 1.82) is 0 Å². The highest BCUT2D eigenvalue weighted by molar-refractivity contribution is 7.80. The molecular formula is C20H28FN3OS. The zero-order chi connectivity index (χ0) is 18.5.